The number of thiol groups is 1. The third-order valence-electron chi connectivity index (χ3n) is 3.88. The van der Waals surface area contributed by atoms with Crippen LogP contribution in [0.2, 0.25) is 0 Å². The predicted molar refractivity (Wildman–Crippen MR) is 94.0 cm³/mol. The molecule has 0 heterocycles. The van der Waals surface area contributed by atoms with Crippen molar-refractivity contribution in [2.45, 2.75) is 47.0 Å². The minimum Gasteiger partial charge on any atom is -0.497 e. The summed E-state index contributed by atoms with van der Waals surface area (Å²) in [6.07, 6.45) is 0. The van der Waals surface area contributed by atoms with Crippen molar-refractivity contribution < 1.29 is 9.47 Å². The largest absolute Gasteiger partial charge is 0.497 e. The Hall–Kier alpha value is -0.830. The SMILES string of the molecule is COc1ccc(OCC(CS)C(C)(C)C)c(C(C)(C)C)c1. The van der Waals surface area contributed by atoms with E-state index in [-0.39, 0.29) is 10.8 Å². The van der Waals surface area contributed by atoms with Crippen LogP contribution in [-0.2, 0) is 5.41 Å². The molecule has 1 atom stereocenters. The van der Waals surface area contributed by atoms with Gasteiger partial charge in [0.25, 0.3) is 0 Å². The van der Waals surface area contributed by atoms with E-state index in [1.165, 1.54) is 5.56 Å². The van der Waals surface area contributed by atoms with E-state index in [4.69, 9.17) is 9.47 Å². The molecule has 0 aliphatic carbocycles. The molecule has 0 fully saturated rings. The first-order valence-corrected chi connectivity index (χ1v) is 8.15. The number of rotatable bonds is 5. The van der Waals surface area contributed by atoms with Gasteiger partial charge in [-0.2, -0.15) is 12.6 Å². The molecule has 1 rings (SSSR count). The second-order valence-electron chi connectivity index (χ2n) is 7.67. The van der Waals surface area contributed by atoms with E-state index in [9.17, 15) is 0 Å². The molecule has 0 saturated heterocycles. The molecule has 0 amide bonds. The summed E-state index contributed by atoms with van der Waals surface area (Å²) in [5.41, 5.74) is 1.38. The van der Waals surface area contributed by atoms with Gasteiger partial charge in [0.05, 0.1) is 13.7 Å². The van der Waals surface area contributed by atoms with Crippen LogP contribution in [0, 0.1) is 11.3 Å². The molecule has 1 aromatic carbocycles. The van der Waals surface area contributed by atoms with Crippen molar-refractivity contribution in [3.63, 3.8) is 0 Å². The van der Waals surface area contributed by atoms with Crippen molar-refractivity contribution in [3.05, 3.63) is 23.8 Å². The van der Waals surface area contributed by atoms with Gasteiger partial charge in [-0.15, -0.1) is 0 Å². The zero-order valence-electron chi connectivity index (χ0n) is 14.5. The molecular weight excluding hydrogens is 280 g/mol. The van der Waals surface area contributed by atoms with Crippen LogP contribution in [0.5, 0.6) is 11.5 Å². The summed E-state index contributed by atoms with van der Waals surface area (Å²) < 4.78 is 11.5. The van der Waals surface area contributed by atoms with E-state index >= 15 is 0 Å². The maximum atomic E-state index is 6.14. The number of benzene rings is 1. The summed E-state index contributed by atoms with van der Waals surface area (Å²) >= 11 is 4.47. The third-order valence-corrected chi connectivity index (χ3v) is 4.32. The molecule has 1 unspecified atom stereocenters. The Bertz CT molecular complexity index is 455. The highest BCUT2D eigenvalue weighted by atomic mass is 32.1. The summed E-state index contributed by atoms with van der Waals surface area (Å²) in [4.78, 5) is 0. The monoisotopic (exact) mass is 310 g/mol. The smallest absolute Gasteiger partial charge is 0.123 e. The van der Waals surface area contributed by atoms with Gasteiger partial charge in [-0.05, 0) is 34.8 Å². The van der Waals surface area contributed by atoms with Gasteiger partial charge in [0.2, 0.25) is 0 Å². The lowest BCUT2D eigenvalue weighted by molar-refractivity contribution is 0.163. The fraction of sp³-hybridized carbons (Fsp3) is 0.667. The molecule has 0 saturated carbocycles. The number of hydrogen-bond donors (Lipinski definition) is 1. The summed E-state index contributed by atoms with van der Waals surface area (Å²) in [6, 6.07) is 6.04. The van der Waals surface area contributed by atoms with Gasteiger partial charge in [-0.25, -0.2) is 0 Å². The third kappa shape index (κ3) is 5.14. The van der Waals surface area contributed by atoms with Gasteiger partial charge in [0.15, 0.2) is 0 Å². The maximum absolute atomic E-state index is 6.14. The van der Waals surface area contributed by atoms with Crippen LogP contribution in [0.15, 0.2) is 18.2 Å². The van der Waals surface area contributed by atoms with Gasteiger partial charge < -0.3 is 9.47 Å². The molecule has 120 valence electrons. The normalized spacial score (nSPS) is 13.9. The minimum absolute atomic E-state index is 0.0159. The molecule has 0 radical (unpaired) electrons. The Balaban J connectivity index is 2.98. The molecule has 0 aliphatic heterocycles. The quantitative estimate of drug-likeness (QED) is 0.775. The lowest BCUT2D eigenvalue weighted by atomic mass is 9.82. The van der Waals surface area contributed by atoms with Crippen molar-refractivity contribution in [2.75, 3.05) is 19.5 Å². The van der Waals surface area contributed by atoms with Crippen molar-refractivity contribution in [1.29, 1.82) is 0 Å². The molecule has 3 heteroatoms. The van der Waals surface area contributed by atoms with E-state index in [0.29, 0.717) is 12.5 Å². The number of ether oxygens (including phenoxy) is 2. The van der Waals surface area contributed by atoms with Crippen LogP contribution < -0.4 is 9.47 Å². The molecule has 0 aliphatic rings. The van der Waals surface area contributed by atoms with Crippen LogP contribution in [0.25, 0.3) is 0 Å². The minimum atomic E-state index is 0.0159. The summed E-state index contributed by atoms with van der Waals surface area (Å²) in [5, 5.41) is 0. The second-order valence-corrected chi connectivity index (χ2v) is 8.03. The van der Waals surface area contributed by atoms with Crippen molar-refractivity contribution in [1.82, 2.24) is 0 Å². The van der Waals surface area contributed by atoms with Crippen LogP contribution in [0.4, 0.5) is 0 Å². The standard InChI is InChI=1S/C18H30O2S/c1-17(2,3)13(12-21)11-20-16-9-8-14(19-7)10-15(16)18(4,5)6/h8-10,13,21H,11-12H2,1-7H3. The van der Waals surface area contributed by atoms with Gasteiger partial charge in [0.1, 0.15) is 11.5 Å². The second kappa shape index (κ2) is 6.95. The lowest BCUT2D eigenvalue weighted by Crippen LogP contribution is -2.28. The highest BCUT2D eigenvalue weighted by molar-refractivity contribution is 7.80. The van der Waals surface area contributed by atoms with E-state index in [0.717, 1.165) is 17.3 Å². The molecule has 21 heavy (non-hydrogen) atoms. The molecule has 0 spiro atoms. The molecule has 1 aromatic rings. The van der Waals surface area contributed by atoms with Crippen molar-refractivity contribution in [2.24, 2.45) is 11.3 Å². The van der Waals surface area contributed by atoms with Crippen LogP contribution >= 0.6 is 12.6 Å². The van der Waals surface area contributed by atoms with E-state index < -0.39 is 0 Å². The Morgan fingerprint density at radius 3 is 2.14 bits per heavy atom. The fourth-order valence-electron chi connectivity index (χ4n) is 2.11. The van der Waals surface area contributed by atoms with E-state index in [2.05, 4.69) is 60.2 Å². The van der Waals surface area contributed by atoms with Crippen LogP contribution in [-0.4, -0.2) is 19.5 Å². The fourth-order valence-corrected chi connectivity index (χ4v) is 2.77. The molecule has 0 bridgehead atoms. The lowest BCUT2D eigenvalue weighted by Gasteiger charge is -2.30. The van der Waals surface area contributed by atoms with Crippen LogP contribution in [0.1, 0.15) is 47.1 Å². The summed E-state index contributed by atoms with van der Waals surface area (Å²) in [5.74, 6) is 3.05. The van der Waals surface area contributed by atoms with E-state index in [1.807, 2.05) is 12.1 Å². The summed E-state index contributed by atoms with van der Waals surface area (Å²) in [7, 11) is 1.69. The molecule has 2 nitrogen and oxygen atoms in total. The van der Waals surface area contributed by atoms with Gasteiger partial charge in [-0.3, -0.25) is 0 Å². The van der Waals surface area contributed by atoms with Gasteiger partial charge in [-0.1, -0.05) is 41.5 Å². The average Bonchev–Trinajstić information content (AvgIpc) is 2.36. The molecular formula is C18H30O2S. The zero-order chi connectivity index (χ0) is 16.3. The molecule has 0 N–H and O–H groups in total. The average molecular weight is 311 g/mol. The van der Waals surface area contributed by atoms with E-state index in [1.54, 1.807) is 7.11 Å². The van der Waals surface area contributed by atoms with Gasteiger partial charge >= 0.3 is 0 Å². The maximum Gasteiger partial charge on any atom is 0.123 e. The first-order valence-electron chi connectivity index (χ1n) is 7.51. The first kappa shape index (κ1) is 18.2. The Labute approximate surface area is 135 Å². The highest BCUT2D eigenvalue weighted by Crippen LogP contribution is 2.35. The number of hydrogen-bond acceptors (Lipinski definition) is 3. The van der Waals surface area contributed by atoms with Crippen molar-refractivity contribution >= 4 is 12.6 Å². The molecule has 0 aromatic heterocycles. The topological polar surface area (TPSA) is 18.5 Å². The van der Waals surface area contributed by atoms with Gasteiger partial charge in [0, 0.05) is 11.5 Å². The Morgan fingerprint density at radius 1 is 1.10 bits per heavy atom. The number of methoxy groups -OCH3 is 1. The Kier molecular flexibility index (Phi) is 6.03. The zero-order valence-corrected chi connectivity index (χ0v) is 15.4. The Morgan fingerprint density at radius 2 is 1.71 bits per heavy atom. The first-order chi connectivity index (χ1) is 9.59. The van der Waals surface area contributed by atoms with Crippen LogP contribution in [0.3, 0.4) is 0 Å². The highest BCUT2D eigenvalue weighted by Gasteiger charge is 2.25. The predicted octanol–water partition coefficient (Wildman–Crippen LogP) is 4.96. The summed E-state index contributed by atoms with van der Waals surface area (Å²) in [6.45, 7) is 13.9. The van der Waals surface area contributed by atoms with Crippen molar-refractivity contribution in [3.8, 4) is 11.5 Å².